The number of fused-ring (bicyclic) bond motifs is 1. The third-order valence-corrected chi connectivity index (χ3v) is 4.58. The Morgan fingerprint density at radius 2 is 1.92 bits per heavy atom. The van der Waals surface area contributed by atoms with Crippen LogP contribution in [-0.4, -0.2) is 10.9 Å². The van der Waals surface area contributed by atoms with Crippen LogP contribution >= 0.6 is 11.6 Å². The van der Waals surface area contributed by atoms with Crippen molar-refractivity contribution >= 4 is 40.2 Å². The Balaban J connectivity index is 1.80. The SMILES string of the molecule is CCc1ccc(/C=C/C(=O)Nc2ccnc3c(C)c(Cl)ccc23)cc1. The number of hydrogen-bond donors (Lipinski definition) is 1. The standard InChI is InChI=1S/C21H19ClN2O/c1-3-15-4-6-16(7-5-15)8-11-20(25)24-19-12-13-23-21-14(2)18(22)10-9-17(19)21/h4-13H,3H2,1-2H3,(H,23,24,25)/b11-8+. The van der Waals surface area contributed by atoms with Gasteiger partial charge in [-0.25, -0.2) is 0 Å². The van der Waals surface area contributed by atoms with Crippen LogP contribution in [0.15, 0.2) is 54.7 Å². The molecule has 0 radical (unpaired) electrons. The molecule has 1 aromatic heterocycles. The van der Waals surface area contributed by atoms with E-state index in [-0.39, 0.29) is 5.91 Å². The molecule has 3 aromatic rings. The van der Waals surface area contributed by atoms with Crippen LogP contribution in [0.4, 0.5) is 5.69 Å². The molecule has 0 saturated heterocycles. The molecule has 1 amide bonds. The van der Waals surface area contributed by atoms with Crippen molar-refractivity contribution in [3.8, 4) is 0 Å². The summed E-state index contributed by atoms with van der Waals surface area (Å²) in [6, 6.07) is 13.6. The lowest BCUT2D eigenvalue weighted by molar-refractivity contribution is -0.111. The summed E-state index contributed by atoms with van der Waals surface area (Å²) < 4.78 is 0. The van der Waals surface area contributed by atoms with E-state index in [1.807, 2.05) is 31.2 Å². The van der Waals surface area contributed by atoms with E-state index < -0.39 is 0 Å². The summed E-state index contributed by atoms with van der Waals surface area (Å²) in [7, 11) is 0. The Morgan fingerprint density at radius 1 is 1.16 bits per heavy atom. The molecule has 0 bridgehead atoms. The number of hydrogen-bond acceptors (Lipinski definition) is 2. The van der Waals surface area contributed by atoms with Crippen molar-refractivity contribution in [2.45, 2.75) is 20.3 Å². The number of carbonyl (C=O) groups excluding carboxylic acids is 1. The molecule has 4 heteroatoms. The van der Waals surface area contributed by atoms with Gasteiger partial charge in [0.05, 0.1) is 11.2 Å². The molecule has 25 heavy (non-hydrogen) atoms. The van der Waals surface area contributed by atoms with Crippen molar-refractivity contribution < 1.29 is 4.79 Å². The van der Waals surface area contributed by atoms with Gasteiger partial charge in [-0.05, 0) is 54.3 Å². The number of rotatable bonds is 4. The van der Waals surface area contributed by atoms with Crippen LogP contribution in [0.1, 0.15) is 23.6 Å². The highest BCUT2D eigenvalue weighted by Gasteiger charge is 2.08. The first-order valence-electron chi connectivity index (χ1n) is 8.20. The molecule has 0 aliphatic heterocycles. The van der Waals surface area contributed by atoms with E-state index in [9.17, 15) is 4.79 Å². The zero-order chi connectivity index (χ0) is 17.8. The number of aromatic nitrogens is 1. The summed E-state index contributed by atoms with van der Waals surface area (Å²) in [5, 5.41) is 4.45. The van der Waals surface area contributed by atoms with E-state index in [2.05, 4.69) is 29.4 Å². The van der Waals surface area contributed by atoms with Gasteiger partial charge >= 0.3 is 0 Å². The highest BCUT2D eigenvalue weighted by atomic mass is 35.5. The second-order valence-corrected chi connectivity index (χ2v) is 6.25. The first-order valence-corrected chi connectivity index (χ1v) is 8.58. The van der Waals surface area contributed by atoms with Crippen molar-refractivity contribution in [3.63, 3.8) is 0 Å². The van der Waals surface area contributed by atoms with Gasteiger partial charge in [0.2, 0.25) is 5.91 Å². The number of anilines is 1. The maximum absolute atomic E-state index is 12.3. The number of aryl methyl sites for hydroxylation is 2. The highest BCUT2D eigenvalue weighted by molar-refractivity contribution is 6.32. The number of nitrogens with one attached hydrogen (secondary N) is 1. The number of nitrogens with zero attached hydrogens (tertiary/aromatic N) is 1. The third-order valence-electron chi connectivity index (χ3n) is 4.17. The lowest BCUT2D eigenvalue weighted by Crippen LogP contribution is -2.08. The molecule has 3 nitrogen and oxygen atoms in total. The fourth-order valence-electron chi connectivity index (χ4n) is 2.66. The summed E-state index contributed by atoms with van der Waals surface area (Å²) in [4.78, 5) is 16.6. The maximum Gasteiger partial charge on any atom is 0.248 e. The number of pyridine rings is 1. The van der Waals surface area contributed by atoms with Gasteiger partial charge in [0, 0.05) is 22.7 Å². The van der Waals surface area contributed by atoms with Gasteiger partial charge in [-0.2, -0.15) is 0 Å². The minimum Gasteiger partial charge on any atom is -0.322 e. The van der Waals surface area contributed by atoms with Gasteiger partial charge < -0.3 is 5.32 Å². The van der Waals surface area contributed by atoms with Crippen LogP contribution in [0.25, 0.3) is 17.0 Å². The molecule has 0 atom stereocenters. The summed E-state index contributed by atoms with van der Waals surface area (Å²) >= 11 is 6.15. The fourth-order valence-corrected chi connectivity index (χ4v) is 2.81. The average Bonchev–Trinajstić information content (AvgIpc) is 2.64. The molecule has 126 valence electrons. The van der Waals surface area contributed by atoms with Crippen LogP contribution in [0.2, 0.25) is 5.02 Å². The van der Waals surface area contributed by atoms with Gasteiger partial charge in [-0.15, -0.1) is 0 Å². The van der Waals surface area contributed by atoms with Crippen molar-refractivity contribution in [2.75, 3.05) is 5.32 Å². The molecule has 2 aromatic carbocycles. The van der Waals surface area contributed by atoms with E-state index in [0.29, 0.717) is 5.02 Å². The molecule has 0 saturated carbocycles. The average molecular weight is 351 g/mol. The Bertz CT molecular complexity index is 946. The van der Waals surface area contributed by atoms with Gasteiger partial charge in [0.15, 0.2) is 0 Å². The molecule has 3 rings (SSSR count). The molecular formula is C21H19ClN2O. The molecule has 0 spiro atoms. The van der Waals surface area contributed by atoms with E-state index in [1.165, 1.54) is 11.6 Å². The molecule has 1 N–H and O–H groups in total. The number of amides is 1. The molecule has 0 aliphatic carbocycles. The van der Waals surface area contributed by atoms with Crippen LogP contribution in [0.3, 0.4) is 0 Å². The first kappa shape index (κ1) is 17.2. The van der Waals surface area contributed by atoms with E-state index in [1.54, 1.807) is 18.3 Å². The molecule has 0 unspecified atom stereocenters. The first-order chi connectivity index (χ1) is 12.1. The van der Waals surface area contributed by atoms with E-state index in [0.717, 1.165) is 34.1 Å². The Morgan fingerprint density at radius 3 is 2.64 bits per heavy atom. The smallest absolute Gasteiger partial charge is 0.248 e. The van der Waals surface area contributed by atoms with E-state index >= 15 is 0 Å². The third kappa shape index (κ3) is 3.89. The van der Waals surface area contributed by atoms with Crippen LogP contribution < -0.4 is 5.32 Å². The molecule has 0 fully saturated rings. The second kappa shape index (κ2) is 7.49. The normalized spacial score (nSPS) is 11.2. The van der Waals surface area contributed by atoms with Gasteiger partial charge in [-0.1, -0.05) is 42.8 Å². The van der Waals surface area contributed by atoms with Gasteiger partial charge in [0.1, 0.15) is 0 Å². The summed E-state index contributed by atoms with van der Waals surface area (Å²) in [6.07, 6.45) is 6.02. The van der Waals surface area contributed by atoms with Gasteiger partial charge in [-0.3, -0.25) is 9.78 Å². The van der Waals surface area contributed by atoms with E-state index in [4.69, 9.17) is 11.6 Å². The zero-order valence-electron chi connectivity index (χ0n) is 14.2. The zero-order valence-corrected chi connectivity index (χ0v) is 15.0. The van der Waals surface area contributed by atoms with Crippen LogP contribution in [0.5, 0.6) is 0 Å². The van der Waals surface area contributed by atoms with Crippen molar-refractivity contribution in [1.29, 1.82) is 0 Å². The minimum absolute atomic E-state index is 0.181. The quantitative estimate of drug-likeness (QED) is 0.639. The second-order valence-electron chi connectivity index (χ2n) is 5.84. The topological polar surface area (TPSA) is 42.0 Å². The predicted octanol–water partition coefficient (Wildman–Crippen LogP) is 5.41. The lowest BCUT2D eigenvalue weighted by atomic mass is 10.1. The number of halogens is 1. The highest BCUT2D eigenvalue weighted by Crippen LogP contribution is 2.28. The summed E-state index contributed by atoms with van der Waals surface area (Å²) in [6.45, 7) is 4.04. The minimum atomic E-state index is -0.181. The van der Waals surface area contributed by atoms with Crippen molar-refractivity contribution in [3.05, 3.63) is 76.5 Å². The summed E-state index contributed by atoms with van der Waals surface area (Å²) in [5.74, 6) is -0.181. The lowest BCUT2D eigenvalue weighted by Gasteiger charge is -2.09. The van der Waals surface area contributed by atoms with Gasteiger partial charge in [0.25, 0.3) is 0 Å². The molecule has 0 aliphatic rings. The van der Waals surface area contributed by atoms with Crippen molar-refractivity contribution in [1.82, 2.24) is 4.98 Å². The Kier molecular flexibility index (Phi) is 5.15. The summed E-state index contributed by atoms with van der Waals surface area (Å²) in [5.41, 5.74) is 4.69. The largest absolute Gasteiger partial charge is 0.322 e. The van der Waals surface area contributed by atoms with Crippen molar-refractivity contribution in [2.24, 2.45) is 0 Å². The fraction of sp³-hybridized carbons (Fsp3) is 0.143. The Labute approximate surface area is 152 Å². The number of benzene rings is 2. The van der Waals surface area contributed by atoms with Crippen LogP contribution in [0, 0.1) is 6.92 Å². The monoisotopic (exact) mass is 350 g/mol. The Hall–Kier alpha value is -2.65. The molecule has 1 heterocycles. The maximum atomic E-state index is 12.3. The molecular weight excluding hydrogens is 332 g/mol. The predicted molar refractivity (Wildman–Crippen MR) is 105 cm³/mol. The van der Waals surface area contributed by atoms with Crippen LogP contribution in [-0.2, 0) is 11.2 Å². The number of carbonyl (C=O) groups is 1.